The normalized spacial score (nSPS) is 15.0. The van der Waals surface area contributed by atoms with Crippen molar-refractivity contribution in [1.82, 2.24) is 14.3 Å². The van der Waals surface area contributed by atoms with Gasteiger partial charge in [-0.05, 0) is 68.4 Å². The maximum Gasteiger partial charge on any atom is 0.314 e. The molecule has 2 N–H and O–H groups in total. The molecule has 0 spiro atoms. The molecule has 0 bridgehead atoms. The second-order valence-corrected chi connectivity index (χ2v) is 7.77. The standard InChI is InChI=1S/C23H28N4O2/c1-17-21(8-9-22-25-12-15-27(17)22)19-4-6-20(7-5-19)29-16-2-3-18-10-13-26(14-11-18)23(24)28/h4-9,12,15,18H,2-3,10-11,13-14,16H2,1H3,(H2,24,28). The van der Waals surface area contributed by atoms with Crippen molar-refractivity contribution in [3.05, 3.63) is 54.5 Å². The van der Waals surface area contributed by atoms with Crippen LogP contribution >= 0.6 is 0 Å². The number of nitrogens with two attached hydrogens (primary N) is 1. The third-order valence-electron chi connectivity index (χ3n) is 5.94. The van der Waals surface area contributed by atoms with Gasteiger partial charge in [-0.25, -0.2) is 9.78 Å². The average Bonchev–Trinajstić information content (AvgIpc) is 3.22. The summed E-state index contributed by atoms with van der Waals surface area (Å²) in [6.45, 7) is 4.40. The fraction of sp³-hybridized carbons (Fsp3) is 0.391. The number of hydrogen-bond donors (Lipinski definition) is 1. The number of rotatable bonds is 6. The number of nitrogens with zero attached hydrogens (tertiary/aromatic N) is 3. The van der Waals surface area contributed by atoms with Crippen LogP contribution in [0.15, 0.2) is 48.8 Å². The van der Waals surface area contributed by atoms with Gasteiger partial charge < -0.3 is 19.8 Å². The smallest absolute Gasteiger partial charge is 0.314 e. The summed E-state index contributed by atoms with van der Waals surface area (Å²) in [7, 11) is 0. The molecule has 0 radical (unpaired) electrons. The molecule has 1 aliphatic rings. The second-order valence-electron chi connectivity index (χ2n) is 7.77. The number of aromatic nitrogens is 2. The van der Waals surface area contributed by atoms with E-state index in [9.17, 15) is 4.79 Å². The lowest BCUT2D eigenvalue weighted by atomic mass is 9.92. The first-order valence-electron chi connectivity index (χ1n) is 10.3. The number of fused-ring (bicyclic) bond motifs is 1. The number of carbonyl (C=O) groups is 1. The van der Waals surface area contributed by atoms with Crippen LogP contribution in [0.25, 0.3) is 16.8 Å². The molecule has 1 fully saturated rings. The number of urea groups is 1. The van der Waals surface area contributed by atoms with E-state index in [4.69, 9.17) is 10.5 Å². The SMILES string of the molecule is Cc1c(-c2ccc(OCCCC3CCN(C(N)=O)CC3)cc2)ccc2nccn12. The lowest BCUT2D eigenvalue weighted by Crippen LogP contribution is -2.41. The number of amides is 2. The number of imidazole rings is 1. The summed E-state index contributed by atoms with van der Waals surface area (Å²) >= 11 is 0. The molecule has 4 rings (SSSR count). The molecular formula is C23H28N4O2. The highest BCUT2D eigenvalue weighted by molar-refractivity contribution is 5.72. The van der Waals surface area contributed by atoms with Crippen LogP contribution in [0.2, 0.25) is 0 Å². The number of primary amides is 1. The number of benzene rings is 1. The van der Waals surface area contributed by atoms with Gasteiger partial charge in [-0.2, -0.15) is 0 Å². The molecule has 0 atom stereocenters. The molecule has 1 aromatic carbocycles. The van der Waals surface area contributed by atoms with Gasteiger partial charge in [0.25, 0.3) is 0 Å². The third-order valence-corrected chi connectivity index (χ3v) is 5.94. The Bertz CT molecular complexity index is 972. The molecule has 29 heavy (non-hydrogen) atoms. The van der Waals surface area contributed by atoms with Gasteiger partial charge >= 0.3 is 6.03 Å². The summed E-state index contributed by atoms with van der Waals surface area (Å²) in [4.78, 5) is 17.3. The van der Waals surface area contributed by atoms with Crippen LogP contribution in [0.5, 0.6) is 5.75 Å². The Balaban J connectivity index is 1.27. The van der Waals surface area contributed by atoms with Crippen molar-refractivity contribution in [2.75, 3.05) is 19.7 Å². The molecule has 6 heteroatoms. The lowest BCUT2D eigenvalue weighted by molar-refractivity contribution is 0.172. The highest BCUT2D eigenvalue weighted by Crippen LogP contribution is 2.27. The van der Waals surface area contributed by atoms with Crippen LogP contribution in [0, 0.1) is 12.8 Å². The van der Waals surface area contributed by atoms with Crippen LogP contribution in [-0.2, 0) is 0 Å². The molecule has 3 aromatic rings. The maximum atomic E-state index is 11.2. The number of ether oxygens (including phenoxy) is 1. The van der Waals surface area contributed by atoms with E-state index in [-0.39, 0.29) is 6.03 Å². The monoisotopic (exact) mass is 392 g/mol. The fourth-order valence-corrected chi connectivity index (χ4v) is 4.17. The predicted molar refractivity (Wildman–Crippen MR) is 114 cm³/mol. The number of carbonyl (C=O) groups excluding carboxylic acids is 1. The van der Waals surface area contributed by atoms with Gasteiger partial charge in [0.2, 0.25) is 0 Å². The third kappa shape index (κ3) is 4.36. The van der Waals surface area contributed by atoms with E-state index < -0.39 is 0 Å². The Hall–Kier alpha value is -3.02. The van der Waals surface area contributed by atoms with Gasteiger partial charge in [0.15, 0.2) is 0 Å². The summed E-state index contributed by atoms with van der Waals surface area (Å²) < 4.78 is 8.04. The van der Waals surface area contributed by atoms with Crippen molar-refractivity contribution in [3.8, 4) is 16.9 Å². The Morgan fingerprint density at radius 2 is 1.93 bits per heavy atom. The van der Waals surface area contributed by atoms with Gasteiger partial charge in [-0.1, -0.05) is 12.1 Å². The molecule has 6 nitrogen and oxygen atoms in total. The zero-order valence-electron chi connectivity index (χ0n) is 16.9. The minimum absolute atomic E-state index is 0.296. The maximum absolute atomic E-state index is 11.2. The highest BCUT2D eigenvalue weighted by Gasteiger charge is 2.20. The minimum Gasteiger partial charge on any atom is -0.494 e. The van der Waals surface area contributed by atoms with Crippen molar-refractivity contribution >= 4 is 11.7 Å². The van der Waals surface area contributed by atoms with E-state index in [1.54, 1.807) is 4.90 Å². The summed E-state index contributed by atoms with van der Waals surface area (Å²) in [6, 6.07) is 12.2. The highest BCUT2D eigenvalue weighted by atomic mass is 16.5. The second kappa shape index (κ2) is 8.55. The van der Waals surface area contributed by atoms with E-state index >= 15 is 0 Å². The Labute approximate surface area is 171 Å². The van der Waals surface area contributed by atoms with Gasteiger partial charge in [0.05, 0.1) is 6.61 Å². The fourth-order valence-electron chi connectivity index (χ4n) is 4.17. The molecule has 0 aliphatic carbocycles. The van der Waals surface area contributed by atoms with E-state index in [2.05, 4.69) is 34.5 Å². The molecule has 2 aromatic heterocycles. The first kappa shape index (κ1) is 19.3. The first-order chi connectivity index (χ1) is 14.1. The van der Waals surface area contributed by atoms with Gasteiger partial charge in [-0.15, -0.1) is 0 Å². The van der Waals surface area contributed by atoms with Crippen LogP contribution in [0.4, 0.5) is 4.79 Å². The zero-order valence-corrected chi connectivity index (χ0v) is 16.9. The Morgan fingerprint density at radius 1 is 1.17 bits per heavy atom. The van der Waals surface area contributed by atoms with E-state index in [0.717, 1.165) is 56.8 Å². The summed E-state index contributed by atoms with van der Waals surface area (Å²) in [6.07, 6.45) is 8.05. The number of likely N-dealkylation sites (tertiary alicyclic amines) is 1. The molecule has 152 valence electrons. The number of piperidine rings is 1. The van der Waals surface area contributed by atoms with Gasteiger partial charge in [0, 0.05) is 36.7 Å². The molecular weight excluding hydrogens is 364 g/mol. The molecule has 3 heterocycles. The van der Waals surface area contributed by atoms with Crippen LogP contribution < -0.4 is 10.5 Å². The lowest BCUT2D eigenvalue weighted by Gasteiger charge is -2.30. The minimum atomic E-state index is -0.296. The number of hydrogen-bond acceptors (Lipinski definition) is 3. The molecule has 1 saturated heterocycles. The molecule has 0 unspecified atom stereocenters. The van der Waals surface area contributed by atoms with Crippen LogP contribution in [0.1, 0.15) is 31.4 Å². The van der Waals surface area contributed by atoms with E-state index in [1.807, 2.05) is 30.6 Å². The Morgan fingerprint density at radius 3 is 2.66 bits per heavy atom. The summed E-state index contributed by atoms with van der Waals surface area (Å²) in [5.74, 6) is 1.57. The van der Waals surface area contributed by atoms with Crippen molar-refractivity contribution in [2.45, 2.75) is 32.6 Å². The Kier molecular flexibility index (Phi) is 5.69. The van der Waals surface area contributed by atoms with Crippen LogP contribution in [0.3, 0.4) is 0 Å². The van der Waals surface area contributed by atoms with Crippen LogP contribution in [-0.4, -0.2) is 40.0 Å². The zero-order chi connectivity index (χ0) is 20.2. The molecule has 0 saturated carbocycles. The van der Waals surface area contributed by atoms with E-state index in [1.165, 1.54) is 16.8 Å². The van der Waals surface area contributed by atoms with Gasteiger partial charge in [-0.3, -0.25) is 0 Å². The van der Waals surface area contributed by atoms with Crippen molar-refractivity contribution in [1.29, 1.82) is 0 Å². The summed E-state index contributed by atoms with van der Waals surface area (Å²) in [5.41, 5.74) is 9.85. The number of pyridine rings is 1. The first-order valence-corrected chi connectivity index (χ1v) is 10.3. The van der Waals surface area contributed by atoms with Crippen molar-refractivity contribution < 1.29 is 9.53 Å². The largest absolute Gasteiger partial charge is 0.494 e. The van der Waals surface area contributed by atoms with Crippen molar-refractivity contribution in [3.63, 3.8) is 0 Å². The average molecular weight is 393 g/mol. The van der Waals surface area contributed by atoms with E-state index in [0.29, 0.717) is 5.92 Å². The molecule has 2 amide bonds. The molecule has 1 aliphatic heterocycles. The predicted octanol–water partition coefficient (Wildman–Crippen LogP) is 4.26. The quantitative estimate of drug-likeness (QED) is 0.637. The topological polar surface area (TPSA) is 72.9 Å². The number of aryl methyl sites for hydroxylation is 1. The van der Waals surface area contributed by atoms with Crippen molar-refractivity contribution in [2.24, 2.45) is 11.7 Å². The van der Waals surface area contributed by atoms with Gasteiger partial charge in [0.1, 0.15) is 11.4 Å². The summed E-state index contributed by atoms with van der Waals surface area (Å²) in [5, 5.41) is 0.